The summed E-state index contributed by atoms with van der Waals surface area (Å²) in [5, 5.41) is 18.7. The van der Waals surface area contributed by atoms with Crippen LogP contribution in [-0.2, 0) is 7.05 Å². The minimum absolute atomic E-state index is 0.105. The summed E-state index contributed by atoms with van der Waals surface area (Å²) in [5.74, 6) is -2.35. The lowest BCUT2D eigenvalue weighted by Gasteiger charge is -2.15. The summed E-state index contributed by atoms with van der Waals surface area (Å²) in [6.07, 6.45) is 0. The van der Waals surface area contributed by atoms with E-state index in [1.807, 2.05) is 0 Å². The topological polar surface area (TPSA) is 96.6 Å². The number of carboxylic acids is 2. The first kappa shape index (κ1) is 13.8. The maximum Gasteiger partial charge on any atom is 0.339 e. The smallest absolute Gasteiger partial charge is 0.339 e. The van der Waals surface area contributed by atoms with Gasteiger partial charge in [-0.1, -0.05) is 0 Å². The fourth-order valence-corrected chi connectivity index (χ4v) is 2.58. The van der Waals surface area contributed by atoms with Gasteiger partial charge >= 0.3 is 11.9 Å². The van der Waals surface area contributed by atoms with E-state index < -0.39 is 17.4 Å². The molecule has 22 heavy (non-hydrogen) atoms. The molecule has 0 radical (unpaired) electrons. The molecule has 2 N–H and O–H groups in total. The van der Waals surface area contributed by atoms with Crippen LogP contribution < -0.4 is 5.43 Å². The SMILES string of the molecule is Cn1c2ccc(C(=O)O)c(=O)c-2cc2cc(C(=O)O)ccc21. The molecule has 110 valence electrons. The Bertz CT molecular complexity index is 970. The van der Waals surface area contributed by atoms with Crippen molar-refractivity contribution < 1.29 is 19.8 Å². The molecule has 0 aromatic heterocycles. The van der Waals surface area contributed by atoms with Gasteiger partial charge in [0.25, 0.3) is 0 Å². The maximum atomic E-state index is 12.3. The van der Waals surface area contributed by atoms with Crippen molar-refractivity contribution in [2.45, 2.75) is 0 Å². The van der Waals surface area contributed by atoms with E-state index in [0.717, 1.165) is 5.52 Å². The predicted octanol–water partition coefficient (Wildman–Crippen LogP) is 2.04. The summed E-state index contributed by atoms with van der Waals surface area (Å²) in [4.78, 5) is 34.4. The third kappa shape index (κ3) is 1.93. The number of benzene rings is 2. The Labute approximate surface area is 124 Å². The largest absolute Gasteiger partial charge is 0.478 e. The monoisotopic (exact) mass is 297 g/mol. The summed E-state index contributed by atoms with van der Waals surface area (Å²) in [5.41, 5.74) is 0.807. The van der Waals surface area contributed by atoms with Crippen molar-refractivity contribution in [3.05, 3.63) is 57.7 Å². The van der Waals surface area contributed by atoms with Crippen LogP contribution in [0.4, 0.5) is 0 Å². The average Bonchev–Trinajstić information content (AvgIpc) is 2.47. The number of nitrogens with zero attached hydrogens (tertiary/aromatic N) is 1. The molecule has 1 aliphatic heterocycles. The number of aromatic carboxylic acids is 2. The Morgan fingerprint density at radius 2 is 1.73 bits per heavy atom. The summed E-state index contributed by atoms with van der Waals surface area (Å²) in [7, 11) is 1.74. The number of fused-ring (bicyclic) bond motifs is 2. The van der Waals surface area contributed by atoms with Crippen LogP contribution in [0.25, 0.3) is 22.2 Å². The molecular formula is C16H11NO5. The van der Waals surface area contributed by atoms with Gasteiger partial charge < -0.3 is 14.8 Å². The average molecular weight is 297 g/mol. The molecule has 0 bridgehead atoms. The van der Waals surface area contributed by atoms with Crippen LogP contribution in [0.2, 0.25) is 0 Å². The Balaban J connectivity index is 2.45. The van der Waals surface area contributed by atoms with Crippen LogP contribution >= 0.6 is 0 Å². The van der Waals surface area contributed by atoms with Gasteiger partial charge in [0.2, 0.25) is 5.43 Å². The molecule has 1 aliphatic carbocycles. The Morgan fingerprint density at radius 1 is 1.00 bits per heavy atom. The fourth-order valence-electron chi connectivity index (χ4n) is 2.58. The van der Waals surface area contributed by atoms with Gasteiger partial charge in [0.05, 0.1) is 11.3 Å². The number of carbonyl (C=O) groups is 2. The lowest BCUT2D eigenvalue weighted by Crippen LogP contribution is -2.18. The molecule has 0 amide bonds. The van der Waals surface area contributed by atoms with E-state index in [1.165, 1.54) is 24.3 Å². The predicted molar refractivity (Wildman–Crippen MR) is 79.7 cm³/mol. The van der Waals surface area contributed by atoms with Crippen molar-refractivity contribution in [1.29, 1.82) is 0 Å². The van der Waals surface area contributed by atoms with Crippen molar-refractivity contribution >= 4 is 22.8 Å². The molecule has 2 aliphatic rings. The zero-order valence-electron chi connectivity index (χ0n) is 11.5. The highest BCUT2D eigenvalue weighted by atomic mass is 16.4. The number of hydrogen-bond acceptors (Lipinski definition) is 3. The Hall–Kier alpha value is -3.15. The molecule has 0 unspecified atom stereocenters. The second-order valence-electron chi connectivity index (χ2n) is 4.96. The lowest BCUT2D eigenvalue weighted by molar-refractivity contribution is 0.0685. The molecule has 0 saturated carbocycles. The van der Waals surface area contributed by atoms with E-state index in [4.69, 9.17) is 10.2 Å². The fraction of sp³-hybridized carbons (Fsp3) is 0.0625. The van der Waals surface area contributed by atoms with E-state index in [-0.39, 0.29) is 16.7 Å². The summed E-state index contributed by atoms with van der Waals surface area (Å²) < 4.78 is 1.74. The van der Waals surface area contributed by atoms with Gasteiger partial charge in [-0.15, -0.1) is 0 Å². The number of aromatic nitrogens is 1. The van der Waals surface area contributed by atoms with Crippen LogP contribution in [0.3, 0.4) is 0 Å². The van der Waals surface area contributed by atoms with E-state index in [2.05, 4.69) is 0 Å². The van der Waals surface area contributed by atoms with E-state index >= 15 is 0 Å². The van der Waals surface area contributed by atoms with Crippen LogP contribution in [0.1, 0.15) is 20.7 Å². The Morgan fingerprint density at radius 3 is 2.36 bits per heavy atom. The van der Waals surface area contributed by atoms with Gasteiger partial charge in [-0.2, -0.15) is 0 Å². The maximum absolute atomic E-state index is 12.3. The van der Waals surface area contributed by atoms with Crippen molar-refractivity contribution in [3.8, 4) is 11.3 Å². The van der Waals surface area contributed by atoms with E-state index in [9.17, 15) is 14.4 Å². The molecule has 1 heterocycles. The molecule has 1 aromatic carbocycles. The standard InChI is InChI=1S/C16H11NO5/c1-17-12-4-2-8(15(19)20)6-9(12)7-11-13(17)5-3-10(14(11)18)16(21)22/h2-7H,1H3,(H,19,20)(H,21,22). The number of carboxylic acid groups (broad SMARTS) is 2. The molecule has 0 spiro atoms. The van der Waals surface area contributed by atoms with Gasteiger partial charge in [-0.25, -0.2) is 9.59 Å². The normalized spacial score (nSPS) is 11.0. The molecule has 1 aromatic rings. The van der Waals surface area contributed by atoms with E-state index in [1.54, 1.807) is 23.7 Å². The third-order valence-electron chi connectivity index (χ3n) is 3.70. The van der Waals surface area contributed by atoms with Gasteiger partial charge in [-0.3, -0.25) is 4.79 Å². The molecule has 3 rings (SSSR count). The van der Waals surface area contributed by atoms with Crippen molar-refractivity contribution in [2.24, 2.45) is 7.05 Å². The Kier molecular flexibility index (Phi) is 2.95. The van der Waals surface area contributed by atoms with Crippen LogP contribution in [0.5, 0.6) is 0 Å². The molecule has 0 atom stereocenters. The zero-order chi connectivity index (χ0) is 16.0. The van der Waals surface area contributed by atoms with Crippen LogP contribution in [-0.4, -0.2) is 26.7 Å². The highest BCUT2D eigenvalue weighted by molar-refractivity contribution is 5.96. The lowest BCUT2D eigenvalue weighted by atomic mass is 10.0. The molecule has 6 heteroatoms. The minimum atomic E-state index is -1.28. The highest BCUT2D eigenvalue weighted by Gasteiger charge is 2.18. The van der Waals surface area contributed by atoms with Crippen molar-refractivity contribution in [3.63, 3.8) is 0 Å². The van der Waals surface area contributed by atoms with Crippen molar-refractivity contribution in [2.75, 3.05) is 0 Å². The molecule has 0 fully saturated rings. The third-order valence-corrected chi connectivity index (χ3v) is 3.70. The summed E-state index contributed by atoms with van der Waals surface area (Å²) in [6, 6.07) is 9.00. The van der Waals surface area contributed by atoms with E-state index in [0.29, 0.717) is 11.1 Å². The number of pyridine rings is 1. The molecular weight excluding hydrogens is 286 g/mol. The first-order valence-electron chi connectivity index (χ1n) is 6.43. The first-order chi connectivity index (χ1) is 10.4. The van der Waals surface area contributed by atoms with Crippen LogP contribution in [0.15, 0.2) is 41.2 Å². The second-order valence-corrected chi connectivity index (χ2v) is 4.96. The number of aryl methyl sites for hydroxylation is 1. The highest BCUT2D eigenvalue weighted by Crippen LogP contribution is 2.26. The van der Waals surface area contributed by atoms with Gasteiger partial charge in [-0.05, 0) is 41.8 Å². The quantitative estimate of drug-likeness (QED) is 0.705. The summed E-state index contributed by atoms with van der Waals surface area (Å²) >= 11 is 0. The van der Waals surface area contributed by atoms with Crippen molar-refractivity contribution in [1.82, 2.24) is 4.57 Å². The van der Waals surface area contributed by atoms with Gasteiger partial charge in [0.15, 0.2) is 0 Å². The minimum Gasteiger partial charge on any atom is -0.478 e. The van der Waals surface area contributed by atoms with Gasteiger partial charge in [0.1, 0.15) is 5.56 Å². The number of hydrogen-bond donors (Lipinski definition) is 2. The van der Waals surface area contributed by atoms with Gasteiger partial charge in [0, 0.05) is 18.1 Å². The molecule has 6 nitrogen and oxygen atoms in total. The van der Waals surface area contributed by atoms with Crippen LogP contribution in [0, 0.1) is 0 Å². The number of rotatable bonds is 2. The second kappa shape index (κ2) is 4.70. The zero-order valence-corrected chi connectivity index (χ0v) is 11.5. The first-order valence-corrected chi connectivity index (χ1v) is 6.43. The summed E-state index contributed by atoms with van der Waals surface area (Å²) in [6.45, 7) is 0. The molecule has 0 saturated heterocycles.